The van der Waals surface area contributed by atoms with Crippen LogP contribution in [0.2, 0.25) is 5.02 Å². The second-order valence-electron chi connectivity index (χ2n) is 11.2. The van der Waals surface area contributed by atoms with Crippen molar-refractivity contribution in [2.75, 3.05) is 48.3 Å². The van der Waals surface area contributed by atoms with E-state index in [1.54, 1.807) is 38.1 Å². The van der Waals surface area contributed by atoms with Crippen molar-refractivity contribution in [3.63, 3.8) is 0 Å². The van der Waals surface area contributed by atoms with Crippen LogP contribution < -0.4 is 20.3 Å². The number of rotatable bonds is 10. The molecule has 2 N–H and O–H groups in total. The summed E-state index contributed by atoms with van der Waals surface area (Å²) in [7, 11) is -3.52. The van der Waals surface area contributed by atoms with E-state index in [0.717, 1.165) is 30.2 Å². The standard InChI is InChI=1S/C31H41ClN6O3S/c1-4-41-28-20-24(38-18-14-23(15-19-38)37-16-8-5-9-17-37)12-13-26(28)35-31-33-21-25(32)30(36-31)34-27-10-6-7-11-29(27)42(39,40)22(2)3/h6-7,10-13,20-23H,4-5,8-9,14-19H2,1-3H3,(H2,33,34,35,36). The molecule has 0 aliphatic carbocycles. The monoisotopic (exact) mass is 612 g/mol. The minimum absolute atomic E-state index is 0.193. The second-order valence-corrected chi connectivity index (χ2v) is 14.0. The zero-order chi connectivity index (χ0) is 29.7. The van der Waals surface area contributed by atoms with Crippen molar-refractivity contribution in [1.29, 1.82) is 0 Å². The van der Waals surface area contributed by atoms with Crippen LogP contribution >= 0.6 is 11.6 Å². The van der Waals surface area contributed by atoms with Crippen LogP contribution in [0, 0.1) is 0 Å². The Morgan fingerprint density at radius 2 is 1.74 bits per heavy atom. The Bertz CT molecular complexity index is 1470. The van der Waals surface area contributed by atoms with E-state index in [1.165, 1.54) is 51.4 Å². The lowest BCUT2D eigenvalue weighted by molar-refractivity contribution is 0.141. The third-order valence-electron chi connectivity index (χ3n) is 8.06. The molecule has 0 radical (unpaired) electrons. The third kappa shape index (κ3) is 6.93. The molecule has 3 aromatic rings. The van der Waals surface area contributed by atoms with Crippen LogP contribution in [-0.4, -0.2) is 67.4 Å². The zero-order valence-corrected chi connectivity index (χ0v) is 26.2. The SMILES string of the molecule is CCOc1cc(N2CCC(N3CCCCC3)CC2)ccc1Nc1ncc(Cl)c(Nc2ccccc2S(=O)(=O)C(C)C)n1. The van der Waals surface area contributed by atoms with Crippen molar-refractivity contribution in [3.8, 4) is 5.75 Å². The maximum Gasteiger partial charge on any atom is 0.229 e. The fourth-order valence-electron chi connectivity index (χ4n) is 5.69. The Morgan fingerprint density at radius 3 is 2.45 bits per heavy atom. The average molecular weight is 613 g/mol. The van der Waals surface area contributed by atoms with Gasteiger partial charge in [-0.3, -0.25) is 0 Å². The predicted octanol–water partition coefficient (Wildman–Crippen LogP) is 6.65. The normalized spacial score (nSPS) is 16.9. The molecule has 226 valence electrons. The van der Waals surface area contributed by atoms with E-state index in [4.69, 9.17) is 16.3 Å². The Morgan fingerprint density at radius 1 is 1.00 bits per heavy atom. The van der Waals surface area contributed by atoms with Gasteiger partial charge >= 0.3 is 0 Å². The van der Waals surface area contributed by atoms with Crippen LogP contribution in [0.4, 0.5) is 28.8 Å². The molecule has 2 aromatic carbocycles. The van der Waals surface area contributed by atoms with Gasteiger partial charge in [0.2, 0.25) is 5.95 Å². The molecule has 42 heavy (non-hydrogen) atoms. The van der Waals surface area contributed by atoms with Gasteiger partial charge in [-0.25, -0.2) is 13.4 Å². The molecular weight excluding hydrogens is 572 g/mol. The molecule has 0 unspecified atom stereocenters. The first-order chi connectivity index (χ1) is 20.3. The van der Waals surface area contributed by atoms with Gasteiger partial charge in [0.25, 0.3) is 0 Å². The third-order valence-corrected chi connectivity index (χ3v) is 10.5. The van der Waals surface area contributed by atoms with Crippen molar-refractivity contribution in [2.45, 2.75) is 69.1 Å². The van der Waals surface area contributed by atoms with Gasteiger partial charge < -0.3 is 25.2 Å². The fourth-order valence-corrected chi connectivity index (χ4v) is 7.03. The summed E-state index contributed by atoms with van der Waals surface area (Å²) in [5.41, 5.74) is 2.28. The predicted molar refractivity (Wildman–Crippen MR) is 171 cm³/mol. The number of para-hydroxylation sites is 1. The molecule has 0 atom stereocenters. The lowest BCUT2D eigenvalue weighted by atomic mass is 9.99. The summed E-state index contributed by atoms with van der Waals surface area (Å²) in [6, 6.07) is 13.6. The molecule has 3 heterocycles. The van der Waals surface area contributed by atoms with Crippen LogP contribution in [0.5, 0.6) is 5.75 Å². The van der Waals surface area contributed by atoms with Crippen LogP contribution in [0.3, 0.4) is 0 Å². The van der Waals surface area contributed by atoms with Crippen molar-refractivity contribution >= 4 is 50.3 Å². The van der Waals surface area contributed by atoms with E-state index >= 15 is 0 Å². The number of nitrogens with zero attached hydrogens (tertiary/aromatic N) is 4. The van der Waals surface area contributed by atoms with Crippen molar-refractivity contribution < 1.29 is 13.2 Å². The van der Waals surface area contributed by atoms with Gasteiger partial charge in [0, 0.05) is 30.9 Å². The maximum atomic E-state index is 12.9. The second kappa shape index (κ2) is 13.5. The number of likely N-dealkylation sites (tertiary alicyclic amines) is 1. The number of piperidine rings is 2. The lowest BCUT2D eigenvalue weighted by Crippen LogP contribution is -2.46. The first-order valence-corrected chi connectivity index (χ1v) is 16.8. The number of nitrogens with one attached hydrogen (secondary N) is 2. The van der Waals surface area contributed by atoms with E-state index in [1.807, 2.05) is 13.0 Å². The molecule has 1 aromatic heterocycles. The van der Waals surface area contributed by atoms with E-state index in [9.17, 15) is 8.42 Å². The fraction of sp³-hybridized carbons (Fsp3) is 0.484. The van der Waals surface area contributed by atoms with Crippen LogP contribution in [0.25, 0.3) is 0 Å². The molecule has 5 rings (SSSR count). The number of hydrogen-bond donors (Lipinski definition) is 2. The molecule has 11 heteroatoms. The quantitative estimate of drug-likeness (QED) is 0.260. The molecule has 2 fully saturated rings. The number of ether oxygens (including phenoxy) is 1. The minimum Gasteiger partial charge on any atom is -0.492 e. The van der Waals surface area contributed by atoms with E-state index in [-0.39, 0.29) is 9.92 Å². The first-order valence-electron chi connectivity index (χ1n) is 14.9. The van der Waals surface area contributed by atoms with E-state index < -0.39 is 15.1 Å². The summed E-state index contributed by atoms with van der Waals surface area (Å²) >= 11 is 6.43. The highest BCUT2D eigenvalue weighted by Gasteiger charge is 2.26. The summed E-state index contributed by atoms with van der Waals surface area (Å²) in [6.45, 7) is 10.3. The number of hydrogen-bond acceptors (Lipinski definition) is 9. The zero-order valence-electron chi connectivity index (χ0n) is 24.6. The highest BCUT2D eigenvalue weighted by atomic mass is 35.5. The van der Waals surface area contributed by atoms with Crippen LogP contribution in [0.15, 0.2) is 53.6 Å². The van der Waals surface area contributed by atoms with Gasteiger partial charge in [0.05, 0.1) is 34.3 Å². The minimum atomic E-state index is -3.52. The summed E-state index contributed by atoms with van der Waals surface area (Å²) in [6.07, 6.45) is 7.87. The van der Waals surface area contributed by atoms with E-state index in [0.29, 0.717) is 30.1 Å². The van der Waals surface area contributed by atoms with Gasteiger partial charge in [-0.15, -0.1) is 0 Å². The van der Waals surface area contributed by atoms with Gasteiger partial charge in [0.1, 0.15) is 10.8 Å². The molecular formula is C31H41ClN6O3S. The number of aromatic nitrogens is 2. The smallest absolute Gasteiger partial charge is 0.229 e. The Kier molecular flexibility index (Phi) is 9.75. The van der Waals surface area contributed by atoms with Gasteiger partial charge in [0.15, 0.2) is 15.7 Å². The van der Waals surface area contributed by atoms with Crippen molar-refractivity contribution in [3.05, 3.63) is 53.7 Å². The lowest BCUT2D eigenvalue weighted by Gasteiger charge is -2.41. The Hall–Kier alpha value is -3.08. The molecule has 2 aliphatic heterocycles. The first kappa shape index (κ1) is 30.4. The molecule has 0 saturated carbocycles. The Labute approximate surface area is 254 Å². The number of anilines is 5. The molecule has 9 nitrogen and oxygen atoms in total. The summed E-state index contributed by atoms with van der Waals surface area (Å²) < 4.78 is 31.9. The van der Waals surface area contributed by atoms with Crippen LogP contribution in [-0.2, 0) is 9.84 Å². The van der Waals surface area contributed by atoms with Gasteiger partial charge in [-0.2, -0.15) is 4.98 Å². The number of benzene rings is 2. The molecule has 2 aliphatic rings. The topological polar surface area (TPSA) is 99.7 Å². The van der Waals surface area contributed by atoms with Crippen LogP contribution in [0.1, 0.15) is 52.9 Å². The average Bonchev–Trinajstić information content (AvgIpc) is 3.00. The highest BCUT2D eigenvalue weighted by molar-refractivity contribution is 7.92. The molecule has 0 amide bonds. The summed E-state index contributed by atoms with van der Waals surface area (Å²) in [5, 5.41) is 6.07. The largest absolute Gasteiger partial charge is 0.492 e. The summed E-state index contributed by atoms with van der Waals surface area (Å²) in [5.74, 6) is 1.32. The number of sulfone groups is 1. The van der Waals surface area contributed by atoms with E-state index in [2.05, 4.69) is 42.5 Å². The summed E-state index contributed by atoms with van der Waals surface area (Å²) in [4.78, 5) is 14.2. The van der Waals surface area contributed by atoms with Gasteiger partial charge in [-0.1, -0.05) is 30.2 Å². The Balaban J connectivity index is 1.32. The number of halogens is 1. The van der Waals surface area contributed by atoms with Crippen molar-refractivity contribution in [2.24, 2.45) is 0 Å². The molecule has 2 saturated heterocycles. The van der Waals surface area contributed by atoms with Gasteiger partial charge in [-0.05, 0) is 83.8 Å². The molecule has 0 bridgehead atoms. The molecule has 0 spiro atoms. The highest BCUT2D eigenvalue weighted by Crippen LogP contribution is 2.35. The van der Waals surface area contributed by atoms with Crippen molar-refractivity contribution in [1.82, 2.24) is 14.9 Å². The maximum absolute atomic E-state index is 12.9.